The molecule has 0 heterocycles. The van der Waals surface area contributed by atoms with Crippen molar-refractivity contribution in [1.82, 2.24) is 0 Å². The Morgan fingerprint density at radius 2 is 2.16 bits per heavy atom. The van der Waals surface area contributed by atoms with E-state index in [9.17, 15) is 23.3 Å². The van der Waals surface area contributed by atoms with Gasteiger partial charge in [0.25, 0.3) is 0 Å². The van der Waals surface area contributed by atoms with Gasteiger partial charge in [-0.3, -0.25) is 14.9 Å². The maximum absolute atomic E-state index is 11.3. The van der Waals surface area contributed by atoms with Gasteiger partial charge in [0.2, 0.25) is 5.75 Å². The van der Waals surface area contributed by atoms with Crippen LogP contribution in [0.2, 0.25) is 0 Å². The van der Waals surface area contributed by atoms with E-state index in [1.165, 1.54) is 6.07 Å². The second kappa shape index (κ2) is 5.45. The number of nitriles is 1. The molecule has 0 amide bonds. The van der Waals surface area contributed by atoms with Gasteiger partial charge in [0.15, 0.2) is 9.84 Å². The number of nitrogens with zero attached hydrogens (tertiary/aromatic N) is 2. The van der Waals surface area contributed by atoms with Crippen molar-refractivity contribution < 1.29 is 22.9 Å². The summed E-state index contributed by atoms with van der Waals surface area (Å²) in [7, 11) is -3.61. The van der Waals surface area contributed by atoms with Gasteiger partial charge in [-0.05, 0) is 12.1 Å². The van der Waals surface area contributed by atoms with Gasteiger partial charge >= 0.3 is 11.7 Å². The molecule has 0 aliphatic carbocycles. The second-order valence-corrected chi connectivity index (χ2v) is 5.48. The summed E-state index contributed by atoms with van der Waals surface area (Å²) < 4.78 is 27.2. The number of nitro benzene ring substituents is 1. The highest BCUT2D eigenvalue weighted by Crippen LogP contribution is 2.29. The highest BCUT2D eigenvalue weighted by Gasteiger charge is 2.21. The zero-order valence-corrected chi connectivity index (χ0v) is 10.5. The summed E-state index contributed by atoms with van der Waals surface area (Å²) >= 11 is 0. The van der Waals surface area contributed by atoms with Crippen LogP contribution in [0.4, 0.5) is 5.69 Å². The van der Waals surface area contributed by atoms with Crippen molar-refractivity contribution in [1.29, 1.82) is 5.26 Å². The number of hydrogen-bond donors (Lipinski definition) is 0. The van der Waals surface area contributed by atoms with Crippen LogP contribution in [-0.2, 0) is 14.6 Å². The van der Waals surface area contributed by atoms with Gasteiger partial charge < -0.3 is 4.74 Å². The molecule has 1 aromatic carbocycles. The van der Waals surface area contributed by atoms with Crippen LogP contribution >= 0.6 is 0 Å². The Bertz CT molecular complexity index is 674. The minimum atomic E-state index is -3.61. The Kier molecular flexibility index (Phi) is 4.18. The van der Waals surface area contributed by atoms with E-state index in [2.05, 4.69) is 4.74 Å². The maximum atomic E-state index is 11.3. The fourth-order valence-corrected chi connectivity index (χ4v) is 1.82. The highest BCUT2D eigenvalue weighted by atomic mass is 32.2. The molecule has 8 nitrogen and oxygen atoms in total. The van der Waals surface area contributed by atoms with Crippen molar-refractivity contribution in [3.8, 4) is 11.8 Å². The predicted molar refractivity (Wildman–Crippen MR) is 62.1 cm³/mol. The van der Waals surface area contributed by atoms with E-state index in [0.29, 0.717) is 0 Å². The lowest BCUT2D eigenvalue weighted by atomic mass is 10.3. The Morgan fingerprint density at radius 1 is 1.53 bits per heavy atom. The number of rotatable bonds is 4. The molecule has 0 spiro atoms. The molecule has 1 aromatic rings. The predicted octanol–water partition coefficient (Wildman–Crippen LogP) is 0.817. The lowest BCUT2D eigenvalue weighted by Crippen LogP contribution is -2.08. The van der Waals surface area contributed by atoms with E-state index in [-0.39, 0.29) is 4.90 Å². The summed E-state index contributed by atoms with van der Waals surface area (Å²) in [5.41, 5.74) is -0.658. The molecular weight excluding hydrogens is 276 g/mol. The summed E-state index contributed by atoms with van der Waals surface area (Å²) in [6, 6.07) is 4.41. The zero-order valence-electron chi connectivity index (χ0n) is 9.69. The van der Waals surface area contributed by atoms with E-state index in [1.54, 1.807) is 0 Å². The van der Waals surface area contributed by atoms with Gasteiger partial charge in [0, 0.05) is 12.3 Å². The van der Waals surface area contributed by atoms with Gasteiger partial charge in [-0.2, -0.15) is 5.26 Å². The molecule has 1 rings (SSSR count). The van der Waals surface area contributed by atoms with Crippen LogP contribution in [0.15, 0.2) is 23.1 Å². The van der Waals surface area contributed by atoms with Crippen LogP contribution in [-0.4, -0.2) is 25.6 Å². The van der Waals surface area contributed by atoms with Crippen LogP contribution in [0.3, 0.4) is 0 Å². The van der Waals surface area contributed by atoms with E-state index < -0.39 is 38.6 Å². The number of sulfone groups is 1. The first-order chi connectivity index (χ1) is 8.75. The van der Waals surface area contributed by atoms with Crippen LogP contribution < -0.4 is 4.74 Å². The number of carbonyl (C=O) groups excluding carboxylic acids is 1. The molecule has 0 saturated carbocycles. The van der Waals surface area contributed by atoms with Crippen LogP contribution in [0.1, 0.15) is 6.42 Å². The normalized spacial score (nSPS) is 10.5. The van der Waals surface area contributed by atoms with Gasteiger partial charge in [-0.15, -0.1) is 0 Å². The molecule has 100 valence electrons. The fraction of sp³-hybridized carbons (Fsp3) is 0.200. The third-order valence-electron chi connectivity index (χ3n) is 2.00. The first kappa shape index (κ1) is 14.6. The third kappa shape index (κ3) is 3.75. The van der Waals surface area contributed by atoms with E-state index in [4.69, 9.17) is 5.26 Å². The zero-order chi connectivity index (χ0) is 14.6. The standard InChI is InChI=1S/C10H8N2O6S/c1-19(16,17)7-2-3-9(8(6-7)12(14)15)18-10(13)4-5-11/h2-3,6H,4H2,1H3. The number of carbonyl (C=O) groups is 1. The third-order valence-corrected chi connectivity index (χ3v) is 3.11. The molecule has 0 unspecified atom stereocenters. The fourth-order valence-electron chi connectivity index (χ4n) is 1.18. The molecule has 9 heteroatoms. The topological polar surface area (TPSA) is 127 Å². The lowest BCUT2D eigenvalue weighted by molar-refractivity contribution is -0.385. The number of benzene rings is 1. The number of esters is 1. The van der Waals surface area contributed by atoms with Crippen molar-refractivity contribution in [3.63, 3.8) is 0 Å². The molecule has 0 aromatic heterocycles. The Morgan fingerprint density at radius 3 is 2.63 bits per heavy atom. The summed E-state index contributed by atoms with van der Waals surface area (Å²) in [5.74, 6) is -1.37. The van der Waals surface area contributed by atoms with Crippen molar-refractivity contribution in [2.75, 3.05) is 6.26 Å². The van der Waals surface area contributed by atoms with Crippen LogP contribution in [0.25, 0.3) is 0 Å². The molecule has 0 N–H and O–H groups in total. The van der Waals surface area contributed by atoms with Crippen molar-refractivity contribution in [2.24, 2.45) is 0 Å². The van der Waals surface area contributed by atoms with Crippen molar-refractivity contribution >= 4 is 21.5 Å². The monoisotopic (exact) mass is 284 g/mol. The highest BCUT2D eigenvalue weighted by molar-refractivity contribution is 7.90. The van der Waals surface area contributed by atoms with Gasteiger partial charge in [-0.25, -0.2) is 8.42 Å². The molecule has 0 radical (unpaired) electrons. The average Bonchev–Trinajstić information content (AvgIpc) is 2.27. The SMILES string of the molecule is CS(=O)(=O)c1ccc(OC(=O)CC#N)c([N+](=O)[O-])c1. The number of hydrogen-bond acceptors (Lipinski definition) is 7. The minimum absolute atomic E-state index is 0.265. The summed E-state index contributed by atoms with van der Waals surface area (Å²) in [5, 5.41) is 19.1. The van der Waals surface area contributed by atoms with Gasteiger partial charge in [0.1, 0.15) is 6.42 Å². The van der Waals surface area contributed by atoms with E-state index in [1.807, 2.05) is 0 Å². The molecule has 0 bridgehead atoms. The quantitative estimate of drug-likeness (QED) is 0.346. The molecule has 0 atom stereocenters. The van der Waals surface area contributed by atoms with Gasteiger partial charge in [0.05, 0.1) is 15.9 Å². The molecule has 0 aliphatic heterocycles. The molecule has 19 heavy (non-hydrogen) atoms. The first-order valence-electron chi connectivity index (χ1n) is 4.82. The number of nitro groups is 1. The largest absolute Gasteiger partial charge is 0.418 e. The summed E-state index contributed by atoms with van der Waals surface area (Å²) in [4.78, 5) is 20.7. The Labute approximate surface area is 108 Å². The lowest BCUT2D eigenvalue weighted by Gasteiger charge is -2.04. The average molecular weight is 284 g/mol. The van der Waals surface area contributed by atoms with Crippen LogP contribution in [0.5, 0.6) is 5.75 Å². The summed E-state index contributed by atoms with van der Waals surface area (Å²) in [6.45, 7) is 0. The Balaban J connectivity index is 3.24. The molecule has 0 fully saturated rings. The number of ether oxygens (including phenoxy) is 1. The summed E-state index contributed by atoms with van der Waals surface area (Å²) in [6.07, 6.45) is 0.332. The molecule has 0 aliphatic rings. The van der Waals surface area contributed by atoms with Crippen LogP contribution in [0, 0.1) is 21.4 Å². The molecular formula is C10H8N2O6S. The molecule has 0 saturated heterocycles. The van der Waals surface area contributed by atoms with E-state index in [0.717, 1.165) is 24.5 Å². The second-order valence-electron chi connectivity index (χ2n) is 3.47. The van der Waals surface area contributed by atoms with Gasteiger partial charge in [-0.1, -0.05) is 0 Å². The maximum Gasteiger partial charge on any atom is 0.325 e. The van der Waals surface area contributed by atoms with E-state index >= 15 is 0 Å². The first-order valence-corrected chi connectivity index (χ1v) is 6.71. The minimum Gasteiger partial charge on any atom is -0.418 e. The Hall–Kier alpha value is -2.47. The smallest absolute Gasteiger partial charge is 0.325 e. The van der Waals surface area contributed by atoms with Crippen molar-refractivity contribution in [3.05, 3.63) is 28.3 Å². The van der Waals surface area contributed by atoms with Crippen molar-refractivity contribution in [2.45, 2.75) is 11.3 Å².